The van der Waals surface area contributed by atoms with Gasteiger partial charge in [0.1, 0.15) is 0 Å². The molecular weight excluding hydrogens is 298 g/mol. The largest absolute Gasteiger partial charge is 0.316 e. The van der Waals surface area contributed by atoms with Crippen LogP contribution in [0.2, 0.25) is 0 Å². The quantitative estimate of drug-likeness (QED) is 0.687. The molecular formula is C17H26BrN. The van der Waals surface area contributed by atoms with E-state index < -0.39 is 0 Å². The van der Waals surface area contributed by atoms with Crippen molar-refractivity contribution in [1.29, 1.82) is 0 Å². The molecule has 1 aliphatic rings. The molecule has 106 valence electrons. The molecule has 19 heavy (non-hydrogen) atoms. The molecule has 2 heteroatoms. The van der Waals surface area contributed by atoms with Gasteiger partial charge >= 0.3 is 0 Å². The summed E-state index contributed by atoms with van der Waals surface area (Å²) in [5.41, 5.74) is 1.48. The van der Waals surface area contributed by atoms with Crippen molar-refractivity contribution in [3.05, 3.63) is 34.3 Å². The number of nitrogens with one attached hydrogen (secondary N) is 1. The Morgan fingerprint density at radius 1 is 1.26 bits per heavy atom. The molecule has 1 N–H and O–H groups in total. The molecule has 0 radical (unpaired) electrons. The van der Waals surface area contributed by atoms with E-state index >= 15 is 0 Å². The van der Waals surface area contributed by atoms with Crippen LogP contribution in [0, 0.1) is 5.92 Å². The number of hydrogen-bond acceptors (Lipinski definition) is 1. The standard InChI is InChI=1S/C17H26BrN/c1-2-11-19-13-15(12-14-7-3-4-8-14)16-9-5-6-10-17(16)18/h5-6,9-10,14-15,19H,2-4,7-8,11-13H2,1H3. The van der Waals surface area contributed by atoms with Gasteiger partial charge in [-0.3, -0.25) is 0 Å². The van der Waals surface area contributed by atoms with Crippen LogP contribution in [0.4, 0.5) is 0 Å². The molecule has 0 bridgehead atoms. The second-order valence-corrected chi connectivity index (χ2v) is 6.66. The summed E-state index contributed by atoms with van der Waals surface area (Å²) in [5, 5.41) is 3.61. The first-order valence-corrected chi connectivity index (χ1v) is 8.55. The third-order valence-electron chi connectivity index (χ3n) is 4.26. The molecule has 2 rings (SSSR count). The second kappa shape index (κ2) is 8.06. The van der Waals surface area contributed by atoms with Gasteiger partial charge in [0.25, 0.3) is 0 Å². The predicted octanol–water partition coefficient (Wildman–Crippen LogP) is 5.11. The van der Waals surface area contributed by atoms with E-state index in [1.54, 1.807) is 0 Å². The fourth-order valence-corrected chi connectivity index (χ4v) is 3.84. The number of rotatable bonds is 7. The van der Waals surface area contributed by atoms with Crippen LogP contribution in [0.5, 0.6) is 0 Å². The number of halogens is 1. The van der Waals surface area contributed by atoms with Gasteiger partial charge in [0.15, 0.2) is 0 Å². The highest BCUT2D eigenvalue weighted by molar-refractivity contribution is 9.10. The molecule has 1 unspecified atom stereocenters. The molecule has 1 fully saturated rings. The molecule has 0 spiro atoms. The Hall–Kier alpha value is -0.340. The first-order chi connectivity index (χ1) is 9.31. The van der Waals surface area contributed by atoms with Crippen molar-refractivity contribution >= 4 is 15.9 Å². The van der Waals surface area contributed by atoms with Crippen molar-refractivity contribution in [2.45, 2.75) is 51.4 Å². The minimum absolute atomic E-state index is 0.658. The lowest BCUT2D eigenvalue weighted by Crippen LogP contribution is -2.24. The molecule has 1 aromatic rings. The second-order valence-electron chi connectivity index (χ2n) is 5.81. The highest BCUT2D eigenvalue weighted by Crippen LogP contribution is 2.36. The smallest absolute Gasteiger partial charge is 0.0210 e. The lowest BCUT2D eigenvalue weighted by molar-refractivity contribution is 0.426. The van der Waals surface area contributed by atoms with E-state index in [-0.39, 0.29) is 0 Å². The van der Waals surface area contributed by atoms with Gasteiger partial charge in [-0.2, -0.15) is 0 Å². The van der Waals surface area contributed by atoms with E-state index in [2.05, 4.69) is 52.4 Å². The number of benzene rings is 1. The molecule has 1 nitrogen and oxygen atoms in total. The number of hydrogen-bond donors (Lipinski definition) is 1. The van der Waals surface area contributed by atoms with Crippen LogP contribution in [0.15, 0.2) is 28.7 Å². The average molecular weight is 324 g/mol. The van der Waals surface area contributed by atoms with E-state index in [0.717, 1.165) is 19.0 Å². The molecule has 1 aliphatic carbocycles. The molecule has 0 amide bonds. The lowest BCUT2D eigenvalue weighted by Gasteiger charge is -2.22. The summed E-state index contributed by atoms with van der Waals surface area (Å²) in [6.07, 6.45) is 8.32. The first kappa shape index (κ1) is 15.1. The summed E-state index contributed by atoms with van der Waals surface area (Å²) >= 11 is 3.73. The normalized spacial score (nSPS) is 17.8. The van der Waals surface area contributed by atoms with Crippen LogP contribution in [0.1, 0.15) is 56.9 Å². The molecule has 0 saturated heterocycles. The summed E-state index contributed by atoms with van der Waals surface area (Å²) in [4.78, 5) is 0. The third kappa shape index (κ3) is 4.61. The summed E-state index contributed by atoms with van der Waals surface area (Å²) < 4.78 is 1.27. The van der Waals surface area contributed by atoms with Gasteiger partial charge in [-0.15, -0.1) is 0 Å². The van der Waals surface area contributed by atoms with Gasteiger partial charge in [-0.05, 0) is 42.9 Å². The fourth-order valence-electron chi connectivity index (χ4n) is 3.23. The predicted molar refractivity (Wildman–Crippen MR) is 86.6 cm³/mol. The third-order valence-corrected chi connectivity index (χ3v) is 4.98. The molecule has 0 aliphatic heterocycles. The highest BCUT2D eigenvalue weighted by atomic mass is 79.9. The maximum Gasteiger partial charge on any atom is 0.0210 e. The van der Waals surface area contributed by atoms with Crippen molar-refractivity contribution in [3.8, 4) is 0 Å². The van der Waals surface area contributed by atoms with Crippen molar-refractivity contribution in [3.63, 3.8) is 0 Å². The van der Waals surface area contributed by atoms with Crippen molar-refractivity contribution in [2.24, 2.45) is 5.92 Å². The van der Waals surface area contributed by atoms with Gasteiger partial charge in [0, 0.05) is 11.0 Å². The summed E-state index contributed by atoms with van der Waals surface area (Å²) in [6, 6.07) is 8.75. The Balaban J connectivity index is 2.02. The lowest BCUT2D eigenvalue weighted by atomic mass is 9.88. The van der Waals surface area contributed by atoms with Crippen LogP contribution in [0.25, 0.3) is 0 Å². The van der Waals surface area contributed by atoms with Gasteiger partial charge in [-0.25, -0.2) is 0 Å². The van der Waals surface area contributed by atoms with Gasteiger partial charge in [0.2, 0.25) is 0 Å². The molecule has 1 atom stereocenters. The van der Waals surface area contributed by atoms with Crippen LogP contribution in [-0.4, -0.2) is 13.1 Å². The van der Waals surface area contributed by atoms with Crippen molar-refractivity contribution < 1.29 is 0 Å². The van der Waals surface area contributed by atoms with E-state index in [4.69, 9.17) is 0 Å². The van der Waals surface area contributed by atoms with Crippen molar-refractivity contribution in [1.82, 2.24) is 5.32 Å². The first-order valence-electron chi connectivity index (χ1n) is 7.76. The highest BCUT2D eigenvalue weighted by Gasteiger charge is 2.22. The van der Waals surface area contributed by atoms with Crippen LogP contribution in [0.3, 0.4) is 0 Å². The Morgan fingerprint density at radius 2 is 2.00 bits per heavy atom. The minimum Gasteiger partial charge on any atom is -0.316 e. The van der Waals surface area contributed by atoms with E-state index in [1.165, 1.54) is 48.6 Å². The molecule has 0 heterocycles. The Bertz CT molecular complexity index is 371. The zero-order valence-corrected chi connectivity index (χ0v) is 13.6. The Labute approximate surface area is 126 Å². The fraction of sp³-hybridized carbons (Fsp3) is 0.647. The zero-order chi connectivity index (χ0) is 13.5. The minimum atomic E-state index is 0.658. The van der Waals surface area contributed by atoms with Crippen LogP contribution in [-0.2, 0) is 0 Å². The molecule has 0 aromatic heterocycles. The van der Waals surface area contributed by atoms with Crippen LogP contribution >= 0.6 is 15.9 Å². The molecule has 1 aromatic carbocycles. The maximum absolute atomic E-state index is 3.73. The maximum atomic E-state index is 3.73. The van der Waals surface area contributed by atoms with Crippen LogP contribution < -0.4 is 5.32 Å². The van der Waals surface area contributed by atoms with E-state index in [1.807, 2.05) is 0 Å². The average Bonchev–Trinajstić information content (AvgIpc) is 2.91. The zero-order valence-electron chi connectivity index (χ0n) is 12.0. The van der Waals surface area contributed by atoms with Crippen molar-refractivity contribution in [2.75, 3.05) is 13.1 Å². The monoisotopic (exact) mass is 323 g/mol. The SMILES string of the molecule is CCCNCC(CC1CCCC1)c1ccccc1Br. The topological polar surface area (TPSA) is 12.0 Å². The summed E-state index contributed by atoms with van der Waals surface area (Å²) in [6.45, 7) is 4.48. The van der Waals surface area contributed by atoms with E-state index in [9.17, 15) is 0 Å². The van der Waals surface area contributed by atoms with Gasteiger partial charge in [0.05, 0.1) is 0 Å². The summed E-state index contributed by atoms with van der Waals surface area (Å²) in [7, 11) is 0. The van der Waals surface area contributed by atoms with E-state index in [0.29, 0.717) is 5.92 Å². The molecule has 1 saturated carbocycles. The summed E-state index contributed by atoms with van der Waals surface area (Å²) in [5.74, 6) is 1.60. The van der Waals surface area contributed by atoms with Gasteiger partial charge < -0.3 is 5.32 Å². The van der Waals surface area contributed by atoms with Gasteiger partial charge in [-0.1, -0.05) is 66.7 Å². The Morgan fingerprint density at radius 3 is 2.68 bits per heavy atom. The Kier molecular flexibility index (Phi) is 6.39.